The van der Waals surface area contributed by atoms with Gasteiger partial charge in [0.05, 0.1) is 5.25 Å². The standard InChI is InChI=1S/C16H21NS2/c1-3-14(17)16(15-12(2)9-10-18-15)19-11-13-7-5-4-6-8-13/h4-10,14,16H,3,11,17H2,1-2H3. The predicted molar refractivity (Wildman–Crippen MR) is 87.8 cm³/mol. The van der Waals surface area contributed by atoms with Crippen LogP contribution in [0.25, 0.3) is 0 Å². The highest BCUT2D eigenvalue weighted by Gasteiger charge is 2.21. The number of benzene rings is 1. The average Bonchev–Trinajstić information content (AvgIpc) is 2.86. The number of nitrogens with two attached hydrogens (primary N) is 1. The lowest BCUT2D eigenvalue weighted by Crippen LogP contribution is -2.25. The van der Waals surface area contributed by atoms with Crippen LogP contribution >= 0.6 is 23.1 Å². The van der Waals surface area contributed by atoms with E-state index in [-0.39, 0.29) is 6.04 Å². The normalized spacial score (nSPS) is 14.3. The zero-order valence-electron chi connectivity index (χ0n) is 11.5. The molecule has 2 unspecified atom stereocenters. The maximum absolute atomic E-state index is 6.33. The number of hydrogen-bond acceptors (Lipinski definition) is 3. The molecule has 0 aliphatic rings. The predicted octanol–water partition coefficient (Wildman–Crippen LogP) is 4.77. The van der Waals surface area contributed by atoms with Crippen LogP contribution in [0, 0.1) is 6.92 Å². The number of thiophene rings is 1. The van der Waals surface area contributed by atoms with Crippen LogP contribution in [-0.2, 0) is 5.75 Å². The topological polar surface area (TPSA) is 26.0 Å². The highest BCUT2D eigenvalue weighted by atomic mass is 32.2. The van der Waals surface area contributed by atoms with Crippen molar-refractivity contribution >= 4 is 23.1 Å². The van der Waals surface area contributed by atoms with Gasteiger partial charge < -0.3 is 5.73 Å². The molecule has 0 aliphatic heterocycles. The summed E-state index contributed by atoms with van der Waals surface area (Å²) >= 11 is 3.80. The summed E-state index contributed by atoms with van der Waals surface area (Å²) in [5.41, 5.74) is 9.07. The minimum Gasteiger partial charge on any atom is -0.326 e. The van der Waals surface area contributed by atoms with Gasteiger partial charge in [0.2, 0.25) is 0 Å². The summed E-state index contributed by atoms with van der Waals surface area (Å²) in [4.78, 5) is 1.44. The third kappa shape index (κ3) is 3.85. The fourth-order valence-electron chi connectivity index (χ4n) is 2.04. The van der Waals surface area contributed by atoms with Gasteiger partial charge >= 0.3 is 0 Å². The molecule has 102 valence electrons. The van der Waals surface area contributed by atoms with Crippen molar-refractivity contribution in [3.05, 3.63) is 57.8 Å². The van der Waals surface area contributed by atoms with Crippen molar-refractivity contribution in [2.75, 3.05) is 0 Å². The van der Waals surface area contributed by atoms with Gasteiger partial charge in [0.1, 0.15) is 0 Å². The number of aryl methyl sites for hydroxylation is 1. The Bertz CT molecular complexity index is 492. The molecule has 0 saturated carbocycles. The molecule has 2 N–H and O–H groups in total. The van der Waals surface area contributed by atoms with Gasteiger partial charge in [0.15, 0.2) is 0 Å². The van der Waals surface area contributed by atoms with Crippen LogP contribution < -0.4 is 5.73 Å². The van der Waals surface area contributed by atoms with Crippen LogP contribution in [0.5, 0.6) is 0 Å². The van der Waals surface area contributed by atoms with Crippen LogP contribution in [0.1, 0.15) is 34.6 Å². The largest absolute Gasteiger partial charge is 0.326 e. The molecule has 2 aromatic rings. The quantitative estimate of drug-likeness (QED) is 0.829. The number of rotatable bonds is 6. The van der Waals surface area contributed by atoms with Gasteiger partial charge in [-0.25, -0.2) is 0 Å². The van der Waals surface area contributed by atoms with E-state index in [4.69, 9.17) is 5.73 Å². The van der Waals surface area contributed by atoms with Gasteiger partial charge in [-0.15, -0.1) is 23.1 Å². The molecule has 3 heteroatoms. The number of thioether (sulfide) groups is 1. The first-order chi connectivity index (χ1) is 9.22. The van der Waals surface area contributed by atoms with E-state index in [1.54, 1.807) is 0 Å². The summed E-state index contributed by atoms with van der Waals surface area (Å²) in [7, 11) is 0. The second-order valence-corrected chi connectivity index (χ2v) is 6.83. The molecule has 2 atom stereocenters. The average molecular weight is 291 g/mol. The van der Waals surface area contributed by atoms with Gasteiger partial charge in [0.25, 0.3) is 0 Å². The fourth-order valence-corrected chi connectivity index (χ4v) is 4.74. The van der Waals surface area contributed by atoms with Crippen LogP contribution in [0.4, 0.5) is 0 Å². The second-order valence-electron chi connectivity index (χ2n) is 4.76. The summed E-state index contributed by atoms with van der Waals surface area (Å²) in [6.07, 6.45) is 1.02. The second kappa shape index (κ2) is 7.13. The number of hydrogen-bond donors (Lipinski definition) is 1. The Morgan fingerprint density at radius 2 is 1.95 bits per heavy atom. The third-order valence-corrected chi connectivity index (χ3v) is 5.99. The Kier molecular flexibility index (Phi) is 5.49. The minimum absolute atomic E-state index is 0.228. The summed E-state index contributed by atoms with van der Waals surface area (Å²) in [6, 6.07) is 13.0. The Morgan fingerprint density at radius 3 is 2.53 bits per heavy atom. The first-order valence-electron chi connectivity index (χ1n) is 6.67. The van der Waals surface area contributed by atoms with Gasteiger partial charge in [-0.05, 0) is 35.9 Å². The van der Waals surface area contributed by atoms with Gasteiger partial charge in [-0.3, -0.25) is 0 Å². The van der Waals surface area contributed by atoms with Crippen molar-refractivity contribution in [2.45, 2.75) is 37.3 Å². The van der Waals surface area contributed by atoms with Gasteiger partial charge in [0, 0.05) is 16.7 Å². The van der Waals surface area contributed by atoms with Crippen LogP contribution in [0.2, 0.25) is 0 Å². The van der Waals surface area contributed by atoms with Crippen molar-refractivity contribution in [1.29, 1.82) is 0 Å². The molecule has 2 rings (SSSR count). The maximum atomic E-state index is 6.33. The Balaban J connectivity index is 2.09. The maximum Gasteiger partial charge on any atom is 0.0548 e. The lowest BCUT2D eigenvalue weighted by molar-refractivity contribution is 0.638. The van der Waals surface area contributed by atoms with Gasteiger partial charge in [-0.1, -0.05) is 37.3 Å². The van der Waals surface area contributed by atoms with Crippen molar-refractivity contribution < 1.29 is 0 Å². The van der Waals surface area contributed by atoms with Crippen molar-refractivity contribution in [1.82, 2.24) is 0 Å². The first-order valence-corrected chi connectivity index (χ1v) is 8.60. The Morgan fingerprint density at radius 1 is 1.21 bits per heavy atom. The van der Waals surface area contributed by atoms with E-state index in [0.29, 0.717) is 5.25 Å². The molecule has 1 aromatic carbocycles. The van der Waals surface area contributed by atoms with E-state index in [2.05, 4.69) is 55.6 Å². The smallest absolute Gasteiger partial charge is 0.0548 e. The lowest BCUT2D eigenvalue weighted by Gasteiger charge is -2.22. The summed E-state index contributed by atoms with van der Waals surface area (Å²) in [6.45, 7) is 4.36. The molecule has 19 heavy (non-hydrogen) atoms. The zero-order chi connectivity index (χ0) is 13.7. The van der Waals surface area contributed by atoms with Crippen LogP contribution in [0.3, 0.4) is 0 Å². The molecule has 0 radical (unpaired) electrons. The molecular weight excluding hydrogens is 270 g/mol. The molecule has 0 aliphatic carbocycles. The Labute approximate surface area is 124 Å². The molecule has 0 fully saturated rings. The summed E-state index contributed by atoms with van der Waals surface area (Å²) in [5, 5.41) is 2.58. The van der Waals surface area contributed by atoms with Crippen LogP contribution in [0.15, 0.2) is 41.8 Å². The van der Waals surface area contributed by atoms with E-state index < -0.39 is 0 Å². The first kappa shape index (κ1) is 14.6. The van der Waals surface area contributed by atoms with E-state index >= 15 is 0 Å². The summed E-state index contributed by atoms with van der Waals surface area (Å²) < 4.78 is 0. The monoisotopic (exact) mass is 291 g/mol. The molecule has 0 bridgehead atoms. The molecule has 1 heterocycles. The van der Waals surface area contributed by atoms with Crippen molar-refractivity contribution in [3.63, 3.8) is 0 Å². The van der Waals surface area contributed by atoms with E-state index in [9.17, 15) is 0 Å². The molecule has 1 aromatic heterocycles. The van der Waals surface area contributed by atoms with E-state index in [0.717, 1.165) is 12.2 Å². The lowest BCUT2D eigenvalue weighted by atomic mass is 10.1. The molecule has 0 amide bonds. The zero-order valence-corrected chi connectivity index (χ0v) is 13.1. The molecule has 0 spiro atoms. The van der Waals surface area contributed by atoms with Crippen molar-refractivity contribution in [3.8, 4) is 0 Å². The SMILES string of the molecule is CCC(N)C(SCc1ccccc1)c1sccc1C. The fraction of sp³-hybridized carbons (Fsp3) is 0.375. The van der Waals surface area contributed by atoms with E-state index in [1.165, 1.54) is 16.0 Å². The minimum atomic E-state index is 0.228. The Hall–Kier alpha value is -0.770. The highest BCUT2D eigenvalue weighted by Crippen LogP contribution is 2.39. The van der Waals surface area contributed by atoms with Crippen LogP contribution in [-0.4, -0.2) is 6.04 Å². The molecule has 1 nitrogen and oxygen atoms in total. The van der Waals surface area contributed by atoms with Gasteiger partial charge in [-0.2, -0.15) is 0 Å². The molecule has 0 saturated heterocycles. The third-order valence-electron chi connectivity index (χ3n) is 3.29. The molecular formula is C16H21NS2. The summed E-state index contributed by atoms with van der Waals surface area (Å²) in [5.74, 6) is 1.02. The van der Waals surface area contributed by atoms with E-state index in [1.807, 2.05) is 23.1 Å². The van der Waals surface area contributed by atoms with Crippen molar-refractivity contribution in [2.24, 2.45) is 5.73 Å². The highest BCUT2D eigenvalue weighted by molar-refractivity contribution is 7.98.